The van der Waals surface area contributed by atoms with Gasteiger partial charge >= 0.3 is 0 Å². The summed E-state index contributed by atoms with van der Waals surface area (Å²) in [4.78, 5) is 30.9. The molecule has 1 aliphatic rings. The first kappa shape index (κ1) is 12.8. The van der Waals surface area contributed by atoms with Crippen LogP contribution in [-0.4, -0.2) is 28.2 Å². The van der Waals surface area contributed by atoms with E-state index in [1.165, 1.54) is 16.2 Å². The number of rotatable bonds is 3. The monoisotopic (exact) mass is 287 g/mol. The summed E-state index contributed by atoms with van der Waals surface area (Å²) in [6, 6.07) is 6.89. The fourth-order valence-corrected chi connectivity index (χ4v) is 3.08. The third-order valence-corrected chi connectivity index (χ3v) is 4.20. The second-order valence-electron chi connectivity index (χ2n) is 4.61. The molecule has 2 heterocycles. The van der Waals surface area contributed by atoms with Crippen molar-refractivity contribution in [3.8, 4) is 0 Å². The van der Waals surface area contributed by atoms with Crippen LogP contribution < -0.4 is 5.73 Å². The van der Waals surface area contributed by atoms with Gasteiger partial charge in [0.2, 0.25) is 0 Å². The van der Waals surface area contributed by atoms with Crippen LogP contribution in [0.3, 0.4) is 0 Å². The molecule has 0 fully saturated rings. The van der Waals surface area contributed by atoms with Gasteiger partial charge in [-0.1, -0.05) is 12.1 Å². The summed E-state index contributed by atoms with van der Waals surface area (Å²) in [5.41, 5.74) is 7.46. The Morgan fingerprint density at radius 3 is 2.30 bits per heavy atom. The van der Waals surface area contributed by atoms with Gasteiger partial charge in [-0.3, -0.25) is 14.5 Å². The molecule has 0 spiro atoms. The van der Waals surface area contributed by atoms with E-state index in [1.807, 2.05) is 6.92 Å². The van der Waals surface area contributed by atoms with Gasteiger partial charge in [0.15, 0.2) is 5.13 Å². The van der Waals surface area contributed by atoms with E-state index in [0.29, 0.717) is 29.2 Å². The highest BCUT2D eigenvalue weighted by Crippen LogP contribution is 2.24. The van der Waals surface area contributed by atoms with Gasteiger partial charge in [0.05, 0.1) is 16.8 Å². The van der Waals surface area contributed by atoms with Gasteiger partial charge in [-0.15, -0.1) is 11.3 Å². The molecule has 2 aromatic rings. The van der Waals surface area contributed by atoms with Crippen molar-refractivity contribution in [1.29, 1.82) is 0 Å². The summed E-state index contributed by atoms with van der Waals surface area (Å²) in [7, 11) is 0. The van der Waals surface area contributed by atoms with E-state index in [1.54, 1.807) is 24.3 Å². The highest BCUT2D eigenvalue weighted by Gasteiger charge is 2.34. The summed E-state index contributed by atoms with van der Waals surface area (Å²) >= 11 is 1.42. The average Bonchev–Trinajstić information content (AvgIpc) is 2.87. The van der Waals surface area contributed by atoms with Crippen molar-refractivity contribution in [2.45, 2.75) is 13.3 Å². The summed E-state index contributed by atoms with van der Waals surface area (Å²) in [6.45, 7) is 2.27. The van der Waals surface area contributed by atoms with E-state index in [-0.39, 0.29) is 11.8 Å². The Morgan fingerprint density at radius 1 is 1.20 bits per heavy atom. The molecule has 1 aliphatic heterocycles. The smallest absolute Gasteiger partial charge is 0.261 e. The Bertz CT molecular complexity index is 673. The van der Waals surface area contributed by atoms with E-state index < -0.39 is 0 Å². The van der Waals surface area contributed by atoms with Gasteiger partial charge in [-0.2, -0.15) is 0 Å². The van der Waals surface area contributed by atoms with Crippen LogP contribution >= 0.6 is 11.3 Å². The topological polar surface area (TPSA) is 76.3 Å². The number of benzene rings is 1. The summed E-state index contributed by atoms with van der Waals surface area (Å²) < 4.78 is 0. The molecule has 5 nitrogen and oxygen atoms in total. The van der Waals surface area contributed by atoms with Crippen molar-refractivity contribution in [2.24, 2.45) is 0 Å². The molecule has 2 amide bonds. The third kappa shape index (κ3) is 1.98. The van der Waals surface area contributed by atoms with Crippen LogP contribution in [0.25, 0.3) is 0 Å². The van der Waals surface area contributed by atoms with Crippen molar-refractivity contribution < 1.29 is 9.59 Å². The number of nitrogens with two attached hydrogens (primary N) is 1. The lowest BCUT2D eigenvalue weighted by Crippen LogP contribution is -2.31. The van der Waals surface area contributed by atoms with Gasteiger partial charge in [0.25, 0.3) is 11.8 Å². The van der Waals surface area contributed by atoms with Crippen molar-refractivity contribution in [1.82, 2.24) is 9.88 Å². The number of anilines is 1. The fraction of sp³-hybridized carbons (Fsp3) is 0.214. The Labute approximate surface area is 120 Å². The molecule has 2 N–H and O–H groups in total. The van der Waals surface area contributed by atoms with Gasteiger partial charge in [0, 0.05) is 17.8 Å². The molecule has 0 saturated carbocycles. The minimum Gasteiger partial charge on any atom is -0.375 e. The number of thiazole rings is 1. The van der Waals surface area contributed by atoms with Crippen LogP contribution in [0.15, 0.2) is 24.3 Å². The zero-order valence-electron chi connectivity index (χ0n) is 10.9. The summed E-state index contributed by atoms with van der Waals surface area (Å²) in [5.74, 6) is -0.460. The third-order valence-electron chi connectivity index (χ3n) is 3.36. The predicted molar refractivity (Wildman–Crippen MR) is 76.8 cm³/mol. The van der Waals surface area contributed by atoms with Crippen molar-refractivity contribution in [3.05, 3.63) is 46.0 Å². The molecule has 0 saturated heterocycles. The number of aryl methyl sites for hydroxylation is 1. The molecular weight excluding hydrogens is 274 g/mol. The number of aromatic nitrogens is 1. The van der Waals surface area contributed by atoms with E-state index in [4.69, 9.17) is 5.73 Å². The second-order valence-corrected chi connectivity index (χ2v) is 5.85. The van der Waals surface area contributed by atoms with Crippen LogP contribution in [0.4, 0.5) is 5.13 Å². The van der Waals surface area contributed by atoms with E-state index in [0.717, 1.165) is 10.6 Å². The van der Waals surface area contributed by atoms with Crippen molar-refractivity contribution >= 4 is 28.3 Å². The largest absolute Gasteiger partial charge is 0.375 e. The minimum absolute atomic E-state index is 0.230. The maximum atomic E-state index is 12.2. The molecule has 3 rings (SSSR count). The fourth-order valence-electron chi connectivity index (χ4n) is 2.34. The van der Waals surface area contributed by atoms with E-state index in [9.17, 15) is 9.59 Å². The number of fused-ring (bicyclic) bond motifs is 1. The number of nitrogen functional groups attached to an aromatic ring is 1. The number of carbonyl (C=O) groups excluding carboxylic acids is 2. The molecule has 1 aromatic carbocycles. The quantitative estimate of drug-likeness (QED) is 0.874. The van der Waals surface area contributed by atoms with Gasteiger partial charge in [0.1, 0.15) is 0 Å². The predicted octanol–water partition coefficient (Wildman–Crippen LogP) is 1.87. The number of imide groups is 1. The van der Waals surface area contributed by atoms with Gasteiger partial charge in [-0.25, -0.2) is 4.98 Å². The average molecular weight is 287 g/mol. The lowest BCUT2D eigenvalue weighted by molar-refractivity contribution is 0.0656. The Morgan fingerprint density at radius 2 is 1.80 bits per heavy atom. The number of hydrogen-bond donors (Lipinski definition) is 1. The van der Waals surface area contributed by atoms with E-state index >= 15 is 0 Å². The maximum absolute atomic E-state index is 12.2. The number of amides is 2. The number of hydrogen-bond acceptors (Lipinski definition) is 5. The molecule has 0 bridgehead atoms. The first-order valence-corrected chi connectivity index (χ1v) is 7.06. The zero-order valence-corrected chi connectivity index (χ0v) is 11.7. The normalized spacial score (nSPS) is 13.9. The van der Waals surface area contributed by atoms with Crippen LogP contribution in [0.5, 0.6) is 0 Å². The van der Waals surface area contributed by atoms with Crippen LogP contribution in [-0.2, 0) is 6.42 Å². The Kier molecular flexibility index (Phi) is 3.02. The summed E-state index contributed by atoms with van der Waals surface area (Å²) in [5, 5.41) is 0.514. The second kappa shape index (κ2) is 4.72. The van der Waals surface area contributed by atoms with Gasteiger partial charge < -0.3 is 5.73 Å². The first-order chi connectivity index (χ1) is 9.58. The lowest BCUT2D eigenvalue weighted by Gasteiger charge is -2.12. The SMILES string of the molecule is Cc1sc(N)nc1CCN1C(=O)c2ccccc2C1=O. The molecule has 102 valence electrons. The maximum Gasteiger partial charge on any atom is 0.261 e. The standard InChI is InChI=1S/C14H13N3O2S/c1-8-11(16-14(15)20-8)6-7-17-12(18)9-4-2-3-5-10(9)13(17)19/h2-5H,6-7H2,1H3,(H2,15,16). The van der Waals surface area contributed by atoms with Crippen molar-refractivity contribution in [2.75, 3.05) is 12.3 Å². The van der Waals surface area contributed by atoms with Crippen LogP contribution in [0, 0.1) is 6.92 Å². The van der Waals surface area contributed by atoms with Crippen molar-refractivity contribution in [3.63, 3.8) is 0 Å². The number of nitrogens with zero attached hydrogens (tertiary/aromatic N) is 2. The minimum atomic E-state index is -0.230. The number of carbonyl (C=O) groups is 2. The highest BCUT2D eigenvalue weighted by atomic mass is 32.1. The van der Waals surface area contributed by atoms with E-state index in [2.05, 4.69) is 4.98 Å². The Hall–Kier alpha value is -2.21. The summed E-state index contributed by atoms with van der Waals surface area (Å²) in [6.07, 6.45) is 0.533. The van der Waals surface area contributed by atoms with Gasteiger partial charge in [-0.05, 0) is 19.1 Å². The Balaban J connectivity index is 1.79. The highest BCUT2D eigenvalue weighted by molar-refractivity contribution is 7.15. The molecule has 0 unspecified atom stereocenters. The molecule has 0 aliphatic carbocycles. The molecule has 0 atom stereocenters. The van der Waals surface area contributed by atoms with Crippen LogP contribution in [0.1, 0.15) is 31.3 Å². The zero-order chi connectivity index (χ0) is 14.3. The van der Waals surface area contributed by atoms with Crippen LogP contribution in [0.2, 0.25) is 0 Å². The first-order valence-electron chi connectivity index (χ1n) is 6.25. The lowest BCUT2D eigenvalue weighted by atomic mass is 10.1. The molecule has 20 heavy (non-hydrogen) atoms. The molecule has 6 heteroatoms. The molecular formula is C14H13N3O2S. The molecule has 0 radical (unpaired) electrons. The molecule has 1 aromatic heterocycles.